The van der Waals surface area contributed by atoms with E-state index in [0.29, 0.717) is 0 Å². The maximum absolute atomic E-state index is 6.12. The second-order valence-corrected chi connectivity index (χ2v) is 8.39. The Hall–Kier alpha value is -2.83. The van der Waals surface area contributed by atoms with Crippen molar-refractivity contribution in [1.82, 2.24) is 0 Å². The standard InChI is InChI=1S/C27H21Cl/c1-27(2)24-12-6-5-10-23(24)26-22(11-7-13-25(26)27)21-9-4-3-8-20(21)18-14-16-19(28)17-15-18/h3-17H,1-2H3. The minimum absolute atomic E-state index is 0.0111. The van der Waals surface area contributed by atoms with Gasteiger partial charge in [0.15, 0.2) is 0 Å². The molecule has 0 radical (unpaired) electrons. The monoisotopic (exact) mass is 380 g/mol. The van der Waals surface area contributed by atoms with Crippen LogP contribution in [0.15, 0.2) is 91.0 Å². The highest BCUT2D eigenvalue weighted by atomic mass is 35.5. The Morgan fingerprint density at radius 3 is 1.86 bits per heavy atom. The smallest absolute Gasteiger partial charge is 0.0406 e. The van der Waals surface area contributed by atoms with E-state index < -0.39 is 0 Å². The normalized spacial score (nSPS) is 13.8. The Balaban J connectivity index is 1.80. The van der Waals surface area contributed by atoms with Crippen molar-refractivity contribution in [3.8, 4) is 33.4 Å². The molecular formula is C27H21Cl. The number of halogens is 1. The van der Waals surface area contributed by atoms with Crippen LogP contribution >= 0.6 is 11.6 Å². The van der Waals surface area contributed by atoms with Gasteiger partial charge in [0.1, 0.15) is 0 Å². The quantitative estimate of drug-likeness (QED) is 0.330. The summed E-state index contributed by atoms with van der Waals surface area (Å²) in [4.78, 5) is 0. The van der Waals surface area contributed by atoms with Gasteiger partial charge in [-0.1, -0.05) is 104 Å². The Labute approximate surface area is 171 Å². The number of fused-ring (bicyclic) bond motifs is 3. The number of benzene rings is 4. The molecule has 4 aromatic carbocycles. The first-order chi connectivity index (χ1) is 13.6. The SMILES string of the molecule is CC1(C)c2ccccc2-c2c(-c3ccccc3-c3ccc(Cl)cc3)cccc21. The Morgan fingerprint density at radius 1 is 0.536 bits per heavy atom. The molecule has 0 saturated carbocycles. The molecule has 0 spiro atoms. The Morgan fingerprint density at radius 2 is 1.11 bits per heavy atom. The third-order valence-corrected chi connectivity index (χ3v) is 6.23. The second kappa shape index (κ2) is 6.36. The van der Waals surface area contributed by atoms with Gasteiger partial charge in [0.25, 0.3) is 0 Å². The van der Waals surface area contributed by atoms with Crippen molar-refractivity contribution in [2.45, 2.75) is 19.3 Å². The molecule has 28 heavy (non-hydrogen) atoms. The van der Waals surface area contributed by atoms with Crippen molar-refractivity contribution in [2.75, 3.05) is 0 Å². The van der Waals surface area contributed by atoms with Gasteiger partial charge in [-0.05, 0) is 56.6 Å². The van der Waals surface area contributed by atoms with Gasteiger partial charge in [0.05, 0.1) is 0 Å². The van der Waals surface area contributed by atoms with E-state index in [9.17, 15) is 0 Å². The lowest BCUT2D eigenvalue weighted by Crippen LogP contribution is -2.14. The average molecular weight is 381 g/mol. The maximum Gasteiger partial charge on any atom is 0.0406 e. The molecule has 1 heteroatoms. The van der Waals surface area contributed by atoms with Gasteiger partial charge in [-0.25, -0.2) is 0 Å². The number of hydrogen-bond acceptors (Lipinski definition) is 0. The van der Waals surface area contributed by atoms with Crippen LogP contribution in [0.3, 0.4) is 0 Å². The molecule has 0 heterocycles. The summed E-state index contributed by atoms with van der Waals surface area (Å²) in [5.41, 5.74) is 10.5. The summed E-state index contributed by atoms with van der Waals surface area (Å²) in [5, 5.41) is 0.762. The van der Waals surface area contributed by atoms with E-state index in [1.54, 1.807) is 0 Å². The molecule has 0 saturated heterocycles. The summed E-state index contributed by atoms with van der Waals surface area (Å²) in [6, 6.07) is 32.3. The highest BCUT2D eigenvalue weighted by Gasteiger charge is 2.36. The van der Waals surface area contributed by atoms with Crippen LogP contribution in [0.1, 0.15) is 25.0 Å². The largest absolute Gasteiger partial charge is 0.0843 e. The summed E-state index contributed by atoms with van der Waals surface area (Å²) < 4.78 is 0. The van der Waals surface area contributed by atoms with Gasteiger partial charge in [-0.3, -0.25) is 0 Å². The van der Waals surface area contributed by atoms with Crippen LogP contribution < -0.4 is 0 Å². The van der Waals surface area contributed by atoms with Crippen molar-refractivity contribution in [3.63, 3.8) is 0 Å². The molecule has 0 unspecified atom stereocenters. The van der Waals surface area contributed by atoms with E-state index in [-0.39, 0.29) is 5.41 Å². The fourth-order valence-corrected chi connectivity index (χ4v) is 4.70. The zero-order valence-corrected chi connectivity index (χ0v) is 16.8. The summed E-state index contributed by atoms with van der Waals surface area (Å²) in [6.45, 7) is 4.65. The van der Waals surface area contributed by atoms with Gasteiger partial charge in [-0.15, -0.1) is 0 Å². The minimum Gasteiger partial charge on any atom is -0.0843 e. The fraction of sp³-hybridized carbons (Fsp3) is 0.111. The lowest BCUT2D eigenvalue weighted by atomic mass is 9.81. The van der Waals surface area contributed by atoms with Gasteiger partial charge in [0.2, 0.25) is 0 Å². The molecule has 1 aliphatic rings. The van der Waals surface area contributed by atoms with E-state index in [0.717, 1.165) is 5.02 Å². The van der Waals surface area contributed by atoms with E-state index in [2.05, 4.69) is 92.7 Å². The first-order valence-corrected chi connectivity index (χ1v) is 10.0. The van der Waals surface area contributed by atoms with Gasteiger partial charge in [-0.2, -0.15) is 0 Å². The lowest BCUT2D eigenvalue weighted by molar-refractivity contribution is 0.660. The molecule has 1 aliphatic carbocycles. The summed E-state index contributed by atoms with van der Waals surface area (Å²) in [6.07, 6.45) is 0. The minimum atomic E-state index is 0.0111. The van der Waals surface area contributed by atoms with Crippen LogP contribution in [-0.4, -0.2) is 0 Å². The van der Waals surface area contributed by atoms with Crippen molar-refractivity contribution >= 4 is 11.6 Å². The van der Waals surface area contributed by atoms with E-state index >= 15 is 0 Å². The third-order valence-electron chi connectivity index (χ3n) is 5.98. The second-order valence-electron chi connectivity index (χ2n) is 7.95. The maximum atomic E-state index is 6.12. The van der Waals surface area contributed by atoms with Crippen LogP contribution in [0.4, 0.5) is 0 Å². The molecule has 5 rings (SSSR count). The van der Waals surface area contributed by atoms with Gasteiger partial charge >= 0.3 is 0 Å². The summed E-state index contributed by atoms with van der Waals surface area (Å²) in [7, 11) is 0. The third kappa shape index (κ3) is 2.52. The summed E-state index contributed by atoms with van der Waals surface area (Å²) in [5.74, 6) is 0. The Bertz CT molecular complexity index is 1180. The first-order valence-electron chi connectivity index (χ1n) is 9.66. The lowest BCUT2D eigenvalue weighted by Gasteiger charge is -2.22. The molecular weight excluding hydrogens is 360 g/mol. The van der Waals surface area contributed by atoms with Crippen LogP contribution in [0.2, 0.25) is 5.02 Å². The van der Waals surface area contributed by atoms with Crippen molar-refractivity contribution in [1.29, 1.82) is 0 Å². The van der Waals surface area contributed by atoms with Gasteiger partial charge in [0, 0.05) is 10.4 Å². The van der Waals surface area contributed by atoms with Crippen molar-refractivity contribution in [2.24, 2.45) is 0 Å². The molecule has 0 atom stereocenters. The van der Waals surface area contributed by atoms with E-state index in [4.69, 9.17) is 11.6 Å². The number of hydrogen-bond donors (Lipinski definition) is 0. The molecule has 0 fully saturated rings. The van der Waals surface area contributed by atoms with Crippen molar-refractivity contribution < 1.29 is 0 Å². The first kappa shape index (κ1) is 17.3. The molecule has 4 aromatic rings. The van der Waals surface area contributed by atoms with Crippen LogP contribution in [-0.2, 0) is 5.41 Å². The zero-order chi connectivity index (χ0) is 19.3. The summed E-state index contributed by atoms with van der Waals surface area (Å²) >= 11 is 6.12. The molecule has 0 nitrogen and oxygen atoms in total. The van der Waals surface area contributed by atoms with E-state index in [1.165, 1.54) is 44.5 Å². The average Bonchev–Trinajstić information content (AvgIpc) is 2.97. The Kier molecular flexibility index (Phi) is 3.92. The molecule has 0 aromatic heterocycles. The molecule has 136 valence electrons. The highest BCUT2D eigenvalue weighted by molar-refractivity contribution is 6.30. The van der Waals surface area contributed by atoms with Crippen LogP contribution in [0, 0.1) is 0 Å². The zero-order valence-electron chi connectivity index (χ0n) is 16.0. The molecule has 0 amide bonds. The van der Waals surface area contributed by atoms with Gasteiger partial charge < -0.3 is 0 Å². The fourth-order valence-electron chi connectivity index (χ4n) is 4.58. The molecule has 0 bridgehead atoms. The number of rotatable bonds is 2. The molecule has 0 aliphatic heterocycles. The van der Waals surface area contributed by atoms with Crippen molar-refractivity contribution in [3.05, 3.63) is 107 Å². The predicted octanol–water partition coefficient (Wildman–Crippen LogP) is 7.98. The van der Waals surface area contributed by atoms with Crippen LogP contribution in [0.25, 0.3) is 33.4 Å². The van der Waals surface area contributed by atoms with Crippen LogP contribution in [0.5, 0.6) is 0 Å². The topological polar surface area (TPSA) is 0 Å². The highest BCUT2D eigenvalue weighted by Crippen LogP contribution is 2.52. The molecule has 0 N–H and O–H groups in total. The predicted molar refractivity (Wildman–Crippen MR) is 120 cm³/mol. The van der Waals surface area contributed by atoms with E-state index in [1.807, 2.05) is 12.1 Å².